The number of unbranched alkanes of at least 4 members (excludes halogenated alkanes) is 26. The zero-order valence-corrected chi connectivity index (χ0v) is 30.9. The molecule has 0 saturated heterocycles. The average molecular weight is 677 g/mol. The van der Waals surface area contributed by atoms with E-state index in [-0.39, 0.29) is 19.4 Å². The SMILES string of the molecule is CCCCCCCCCCCCCCCCCCCCC(=O)OC(COC(=O)CCCCCCCCCCCC)COP(=O)(O)O. The summed E-state index contributed by atoms with van der Waals surface area (Å²) >= 11 is 0. The summed E-state index contributed by atoms with van der Waals surface area (Å²) in [4.78, 5) is 42.6. The lowest BCUT2D eigenvalue weighted by atomic mass is 10.0. The maximum Gasteiger partial charge on any atom is 0.469 e. The molecule has 274 valence electrons. The fourth-order valence-electron chi connectivity index (χ4n) is 5.73. The van der Waals surface area contributed by atoms with E-state index in [0.29, 0.717) is 6.42 Å². The van der Waals surface area contributed by atoms with Gasteiger partial charge in [0.25, 0.3) is 0 Å². The maximum atomic E-state index is 12.4. The highest BCUT2D eigenvalue weighted by molar-refractivity contribution is 7.46. The zero-order chi connectivity index (χ0) is 34.0. The number of phosphoric ester groups is 1. The van der Waals surface area contributed by atoms with Crippen molar-refractivity contribution in [2.45, 2.75) is 213 Å². The van der Waals surface area contributed by atoms with Crippen molar-refractivity contribution in [3.8, 4) is 0 Å². The summed E-state index contributed by atoms with van der Waals surface area (Å²) in [6.45, 7) is 3.68. The lowest BCUT2D eigenvalue weighted by Crippen LogP contribution is -2.29. The van der Waals surface area contributed by atoms with Crippen LogP contribution in [0.4, 0.5) is 0 Å². The Labute approximate surface area is 283 Å². The minimum atomic E-state index is -4.74. The molecule has 8 nitrogen and oxygen atoms in total. The summed E-state index contributed by atoms with van der Waals surface area (Å²) in [7, 11) is -4.74. The van der Waals surface area contributed by atoms with Crippen LogP contribution < -0.4 is 0 Å². The topological polar surface area (TPSA) is 119 Å². The second kappa shape index (κ2) is 33.9. The van der Waals surface area contributed by atoms with Crippen molar-refractivity contribution >= 4 is 19.8 Å². The summed E-state index contributed by atoms with van der Waals surface area (Å²) in [6.07, 6.45) is 34.0. The number of hydrogen-bond acceptors (Lipinski definition) is 6. The first-order valence-electron chi connectivity index (χ1n) is 19.3. The molecule has 2 N–H and O–H groups in total. The van der Waals surface area contributed by atoms with E-state index < -0.39 is 32.5 Å². The third-order valence-corrected chi connectivity index (χ3v) is 9.11. The van der Waals surface area contributed by atoms with Crippen molar-refractivity contribution in [1.82, 2.24) is 0 Å². The van der Waals surface area contributed by atoms with E-state index in [1.54, 1.807) is 0 Å². The first kappa shape index (κ1) is 45.0. The molecule has 0 fully saturated rings. The number of hydrogen-bond donors (Lipinski definition) is 2. The molecule has 0 saturated carbocycles. The number of ether oxygens (including phenoxy) is 2. The standard InChI is InChI=1S/C37H73O8P/c1-3-5-7-9-11-13-15-16-17-18-19-20-21-22-24-26-28-30-32-37(39)45-35(34-44-46(40,41)42)33-43-36(38)31-29-27-25-23-14-12-10-8-6-4-2/h35H,3-34H2,1-2H3,(H2,40,41,42). The fourth-order valence-corrected chi connectivity index (χ4v) is 6.09. The van der Waals surface area contributed by atoms with Gasteiger partial charge in [0.1, 0.15) is 6.61 Å². The minimum absolute atomic E-state index is 0.220. The molecular weight excluding hydrogens is 603 g/mol. The van der Waals surface area contributed by atoms with Gasteiger partial charge in [-0.25, -0.2) is 4.57 Å². The maximum absolute atomic E-state index is 12.4. The van der Waals surface area contributed by atoms with E-state index in [4.69, 9.17) is 19.3 Å². The monoisotopic (exact) mass is 677 g/mol. The van der Waals surface area contributed by atoms with Crippen LogP contribution in [0, 0.1) is 0 Å². The molecule has 0 bridgehead atoms. The van der Waals surface area contributed by atoms with E-state index >= 15 is 0 Å². The van der Waals surface area contributed by atoms with Gasteiger partial charge in [0.2, 0.25) is 0 Å². The summed E-state index contributed by atoms with van der Waals surface area (Å²) in [5, 5.41) is 0. The van der Waals surface area contributed by atoms with Crippen LogP contribution in [0.5, 0.6) is 0 Å². The summed E-state index contributed by atoms with van der Waals surface area (Å²) < 4.78 is 26.3. The van der Waals surface area contributed by atoms with Crippen LogP contribution in [0.25, 0.3) is 0 Å². The van der Waals surface area contributed by atoms with E-state index in [1.165, 1.54) is 141 Å². The van der Waals surface area contributed by atoms with Crippen LogP contribution in [0.1, 0.15) is 206 Å². The average Bonchev–Trinajstić information content (AvgIpc) is 3.02. The van der Waals surface area contributed by atoms with Crippen LogP contribution >= 0.6 is 7.82 Å². The summed E-state index contributed by atoms with van der Waals surface area (Å²) in [6, 6.07) is 0. The molecule has 1 atom stereocenters. The van der Waals surface area contributed by atoms with Crippen molar-refractivity contribution < 1.29 is 37.9 Å². The van der Waals surface area contributed by atoms with Gasteiger partial charge < -0.3 is 19.3 Å². The second-order valence-corrected chi connectivity index (χ2v) is 14.5. The summed E-state index contributed by atoms with van der Waals surface area (Å²) in [5.41, 5.74) is 0. The molecule has 0 aliphatic carbocycles. The third-order valence-electron chi connectivity index (χ3n) is 8.63. The normalized spacial score (nSPS) is 12.3. The molecule has 0 spiro atoms. The Hall–Kier alpha value is -0.950. The van der Waals surface area contributed by atoms with Gasteiger partial charge in [-0.2, -0.15) is 0 Å². The molecule has 0 radical (unpaired) electrons. The lowest BCUT2D eigenvalue weighted by Gasteiger charge is -2.18. The van der Waals surface area contributed by atoms with Gasteiger partial charge in [-0.05, 0) is 12.8 Å². The predicted octanol–water partition coefficient (Wildman–Crippen LogP) is 11.3. The molecule has 0 aliphatic rings. The molecule has 46 heavy (non-hydrogen) atoms. The Bertz CT molecular complexity index is 726. The number of carbonyl (C=O) groups is 2. The molecule has 0 rings (SSSR count). The van der Waals surface area contributed by atoms with Gasteiger partial charge in [0.05, 0.1) is 6.61 Å². The molecule has 1 unspecified atom stereocenters. The molecule has 0 aromatic rings. The van der Waals surface area contributed by atoms with Crippen molar-refractivity contribution in [3.05, 3.63) is 0 Å². The highest BCUT2D eigenvalue weighted by Gasteiger charge is 2.22. The quantitative estimate of drug-likeness (QED) is 0.0382. The van der Waals surface area contributed by atoms with Crippen molar-refractivity contribution in [3.63, 3.8) is 0 Å². The van der Waals surface area contributed by atoms with Crippen LogP contribution in [-0.4, -0.2) is 41.0 Å². The van der Waals surface area contributed by atoms with Crippen molar-refractivity contribution in [1.29, 1.82) is 0 Å². The van der Waals surface area contributed by atoms with E-state index in [9.17, 15) is 14.2 Å². The highest BCUT2D eigenvalue weighted by Crippen LogP contribution is 2.36. The van der Waals surface area contributed by atoms with E-state index in [2.05, 4.69) is 18.4 Å². The number of phosphoric acid groups is 1. The molecule has 9 heteroatoms. The molecule has 0 aromatic heterocycles. The number of carbonyl (C=O) groups excluding carboxylic acids is 2. The Morgan fingerprint density at radius 1 is 0.478 bits per heavy atom. The van der Waals surface area contributed by atoms with E-state index in [1.807, 2.05) is 0 Å². The zero-order valence-electron chi connectivity index (χ0n) is 30.0. The largest absolute Gasteiger partial charge is 0.469 e. The minimum Gasteiger partial charge on any atom is -0.462 e. The van der Waals surface area contributed by atoms with Gasteiger partial charge in [-0.1, -0.05) is 181 Å². The Morgan fingerprint density at radius 2 is 0.783 bits per heavy atom. The van der Waals surface area contributed by atoms with Gasteiger partial charge >= 0.3 is 19.8 Å². The molecule has 0 aromatic carbocycles. The van der Waals surface area contributed by atoms with Crippen molar-refractivity contribution in [2.75, 3.05) is 13.2 Å². The molecular formula is C37H73O8P. The molecule has 0 aliphatic heterocycles. The number of esters is 2. The fraction of sp³-hybridized carbons (Fsp3) is 0.946. The Morgan fingerprint density at radius 3 is 1.11 bits per heavy atom. The highest BCUT2D eigenvalue weighted by atomic mass is 31.2. The molecule has 0 heterocycles. The van der Waals surface area contributed by atoms with Gasteiger partial charge in [-0.15, -0.1) is 0 Å². The first-order valence-corrected chi connectivity index (χ1v) is 20.9. The van der Waals surface area contributed by atoms with Crippen LogP contribution in [0.3, 0.4) is 0 Å². The predicted molar refractivity (Wildman–Crippen MR) is 189 cm³/mol. The van der Waals surface area contributed by atoms with Gasteiger partial charge in [0.15, 0.2) is 6.10 Å². The summed E-state index contributed by atoms with van der Waals surface area (Å²) in [5.74, 6) is -0.873. The third kappa shape index (κ3) is 35.9. The first-order chi connectivity index (χ1) is 22.3. The van der Waals surface area contributed by atoms with Crippen LogP contribution in [0.15, 0.2) is 0 Å². The van der Waals surface area contributed by atoms with Crippen LogP contribution in [-0.2, 0) is 28.2 Å². The lowest BCUT2D eigenvalue weighted by molar-refractivity contribution is -0.161. The Balaban J connectivity index is 3.87. The van der Waals surface area contributed by atoms with Gasteiger partial charge in [0, 0.05) is 12.8 Å². The Kier molecular flexibility index (Phi) is 33.2. The smallest absolute Gasteiger partial charge is 0.462 e. The van der Waals surface area contributed by atoms with E-state index in [0.717, 1.165) is 32.1 Å². The number of rotatable bonds is 36. The van der Waals surface area contributed by atoms with Crippen molar-refractivity contribution in [2.24, 2.45) is 0 Å². The molecule has 0 amide bonds. The van der Waals surface area contributed by atoms with Gasteiger partial charge in [-0.3, -0.25) is 14.1 Å². The second-order valence-electron chi connectivity index (χ2n) is 13.3. The van der Waals surface area contributed by atoms with Crippen LogP contribution in [0.2, 0.25) is 0 Å².